The summed E-state index contributed by atoms with van der Waals surface area (Å²) < 4.78 is 15.7. The Morgan fingerprint density at radius 3 is 2.28 bits per heavy atom. The lowest BCUT2D eigenvalue weighted by Crippen LogP contribution is -2.62. The van der Waals surface area contributed by atoms with Gasteiger partial charge in [-0.05, 0) is 29.1 Å². The molecule has 2 aromatic carbocycles. The first-order chi connectivity index (χ1) is 12.0. The summed E-state index contributed by atoms with van der Waals surface area (Å²) in [5, 5.41) is 0. The molecule has 1 saturated heterocycles. The highest BCUT2D eigenvalue weighted by Crippen LogP contribution is 2.27. The van der Waals surface area contributed by atoms with Crippen LogP contribution >= 0.6 is 0 Å². The Morgan fingerprint density at radius 1 is 1.04 bits per heavy atom. The number of nitrogens with zero attached hydrogens (tertiary/aromatic N) is 2. The van der Waals surface area contributed by atoms with E-state index in [0.29, 0.717) is 19.0 Å². The highest BCUT2D eigenvalue weighted by atomic mass is 19.2. The average Bonchev–Trinajstić information content (AvgIpc) is 2.60. The Labute approximate surface area is 151 Å². The minimum absolute atomic E-state index is 0.0133. The Bertz CT molecular complexity index is 646. The van der Waals surface area contributed by atoms with Crippen molar-refractivity contribution in [3.8, 4) is 0 Å². The third-order valence-electron chi connectivity index (χ3n) is 5.39. The SMILES string of the molecule is CC(Cc1ccccc1)C[N+]1(F)CCN(C)CC1Cc1ccccc1. The summed E-state index contributed by atoms with van der Waals surface area (Å²) in [6, 6.07) is 20.8. The number of hydrogen-bond acceptors (Lipinski definition) is 1. The van der Waals surface area contributed by atoms with Gasteiger partial charge in [-0.1, -0.05) is 67.6 Å². The van der Waals surface area contributed by atoms with Crippen LogP contribution in [0.4, 0.5) is 4.48 Å². The van der Waals surface area contributed by atoms with Gasteiger partial charge in [0.2, 0.25) is 0 Å². The van der Waals surface area contributed by atoms with Crippen LogP contribution in [0.15, 0.2) is 60.7 Å². The summed E-state index contributed by atoms with van der Waals surface area (Å²) in [5.74, 6) is 0.328. The monoisotopic (exact) mass is 341 g/mol. The highest BCUT2D eigenvalue weighted by molar-refractivity contribution is 5.16. The minimum Gasteiger partial charge on any atom is -0.295 e. The second kappa shape index (κ2) is 8.11. The molecule has 3 heteroatoms. The molecule has 134 valence electrons. The molecule has 2 aromatic rings. The quantitative estimate of drug-likeness (QED) is 0.714. The normalized spacial score (nSPS) is 25.6. The fourth-order valence-electron chi connectivity index (χ4n) is 4.07. The number of piperazine rings is 1. The van der Waals surface area contributed by atoms with E-state index in [1.165, 1.54) is 11.1 Å². The Morgan fingerprint density at radius 2 is 1.64 bits per heavy atom. The average molecular weight is 341 g/mol. The first-order valence-corrected chi connectivity index (χ1v) is 9.38. The predicted molar refractivity (Wildman–Crippen MR) is 102 cm³/mol. The van der Waals surface area contributed by atoms with Gasteiger partial charge in [-0.3, -0.25) is 4.90 Å². The Hall–Kier alpha value is -1.71. The molecule has 2 nitrogen and oxygen atoms in total. The van der Waals surface area contributed by atoms with Gasteiger partial charge < -0.3 is 0 Å². The molecule has 1 heterocycles. The summed E-state index contributed by atoms with van der Waals surface area (Å²) in [6.07, 6.45) is 1.75. The van der Waals surface area contributed by atoms with Crippen molar-refractivity contribution >= 4 is 0 Å². The van der Waals surface area contributed by atoms with E-state index in [1.807, 2.05) is 24.3 Å². The van der Waals surface area contributed by atoms with Gasteiger partial charge in [-0.25, -0.2) is 0 Å². The molecule has 0 aromatic heterocycles. The van der Waals surface area contributed by atoms with Gasteiger partial charge in [-0.2, -0.15) is 0 Å². The number of hydrogen-bond donors (Lipinski definition) is 0. The first-order valence-electron chi connectivity index (χ1n) is 9.38. The summed E-state index contributed by atoms with van der Waals surface area (Å²) >= 11 is 0. The zero-order chi connectivity index (χ0) is 17.7. The Balaban J connectivity index is 1.69. The maximum Gasteiger partial charge on any atom is 0.142 e. The molecule has 25 heavy (non-hydrogen) atoms. The van der Waals surface area contributed by atoms with Crippen LogP contribution in [-0.4, -0.2) is 48.9 Å². The van der Waals surface area contributed by atoms with Crippen LogP contribution in [0, 0.1) is 5.92 Å². The van der Waals surface area contributed by atoms with Gasteiger partial charge in [-0.15, -0.1) is 4.71 Å². The molecule has 0 aliphatic carbocycles. The second-order valence-electron chi connectivity index (χ2n) is 7.73. The largest absolute Gasteiger partial charge is 0.295 e. The zero-order valence-electron chi connectivity index (χ0n) is 15.4. The summed E-state index contributed by atoms with van der Waals surface area (Å²) in [4.78, 5) is 2.27. The second-order valence-corrected chi connectivity index (χ2v) is 7.73. The van der Waals surface area contributed by atoms with Crippen LogP contribution in [0.3, 0.4) is 0 Å². The topological polar surface area (TPSA) is 3.24 Å². The Kier molecular flexibility index (Phi) is 5.87. The van der Waals surface area contributed by atoms with Crippen LogP contribution in [0.2, 0.25) is 0 Å². The van der Waals surface area contributed by atoms with Gasteiger partial charge in [0.1, 0.15) is 19.1 Å². The molecule has 1 aliphatic heterocycles. The number of quaternary nitrogens is 1. The maximum atomic E-state index is 16.0. The molecule has 3 atom stereocenters. The summed E-state index contributed by atoms with van der Waals surface area (Å²) in [6.45, 7) is 5.03. The van der Waals surface area contributed by atoms with E-state index in [-0.39, 0.29) is 10.7 Å². The molecule has 0 spiro atoms. The number of rotatable bonds is 6. The van der Waals surface area contributed by atoms with Crippen LogP contribution < -0.4 is 0 Å². The number of halogens is 1. The van der Waals surface area contributed by atoms with Crippen molar-refractivity contribution in [3.05, 3.63) is 71.8 Å². The van der Waals surface area contributed by atoms with Gasteiger partial charge in [0.05, 0.1) is 13.1 Å². The maximum absolute atomic E-state index is 16.0. The van der Waals surface area contributed by atoms with Crippen molar-refractivity contribution in [1.82, 2.24) is 4.90 Å². The van der Waals surface area contributed by atoms with Crippen molar-refractivity contribution in [2.24, 2.45) is 5.92 Å². The molecule has 0 amide bonds. The van der Waals surface area contributed by atoms with Crippen LogP contribution in [0.25, 0.3) is 0 Å². The van der Waals surface area contributed by atoms with E-state index >= 15 is 4.48 Å². The van der Waals surface area contributed by atoms with Crippen LogP contribution in [0.5, 0.6) is 0 Å². The smallest absolute Gasteiger partial charge is 0.142 e. The van der Waals surface area contributed by atoms with Crippen LogP contribution in [-0.2, 0) is 12.8 Å². The van der Waals surface area contributed by atoms with E-state index in [9.17, 15) is 0 Å². The van der Waals surface area contributed by atoms with E-state index in [0.717, 1.165) is 25.9 Å². The van der Waals surface area contributed by atoms with Crippen molar-refractivity contribution in [2.45, 2.75) is 25.8 Å². The molecule has 1 aliphatic rings. The van der Waals surface area contributed by atoms with Gasteiger partial charge in [0, 0.05) is 12.3 Å². The van der Waals surface area contributed by atoms with Crippen LogP contribution in [0.1, 0.15) is 18.1 Å². The molecule has 0 radical (unpaired) electrons. The number of benzene rings is 2. The third-order valence-corrected chi connectivity index (χ3v) is 5.39. The van der Waals surface area contributed by atoms with E-state index in [4.69, 9.17) is 0 Å². The molecular weight excluding hydrogens is 311 g/mol. The molecule has 3 rings (SSSR count). The lowest BCUT2D eigenvalue weighted by molar-refractivity contribution is -1.08. The van der Waals surface area contributed by atoms with Crippen molar-refractivity contribution in [1.29, 1.82) is 0 Å². The summed E-state index contributed by atoms with van der Waals surface area (Å²) in [7, 11) is 2.11. The summed E-state index contributed by atoms with van der Waals surface area (Å²) in [5.41, 5.74) is 2.54. The highest BCUT2D eigenvalue weighted by Gasteiger charge is 2.44. The lowest BCUT2D eigenvalue weighted by atomic mass is 9.97. The van der Waals surface area contributed by atoms with Crippen molar-refractivity contribution in [2.75, 3.05) is 33.2 Å². The van der Waals surface area contributed by atoms with E-state index < -0.39 is 0 Å². The van der Waals surface area contributed by atoms with Crippen molar-refractivity contribution in [3.63, 3.8) is 0 Å². The van der Waals surface area contributed by atoms with Gasteiger partial charge in [0.15, 0.2) is 0 Å². The fourth-order valence-corrected chi connectivity index (χ4v) is 4.07. The van der Waals surface area contributed by atoms with Crippen molar-refractivity contribution < 1.29 is 9.19 Å². The molecule has 0 N–H and O–H groups in total. The molecule has 0 saturated carbocycles. The standard InChI is InChI=1S/C22H30FN2/c1-19(15-20-9-5-3-6-10-20)18-25(23)14-13-24(2)17-22(25)16-21-11-7-4-8-12-21/h3-12,19,22H,13-18H2,1-2H3/q+1. The predicted octanol–water partition coefficient (Wildman–Crippen LogP) is 4.12. The fraction of sp³-hybridized carbons (Fsp3) is 0.455. The zero-order valence-corrected chi connectivity index (χ0v) is 15.4. The van der Waals surface area contributed by atoms with Gasteiger partial charge >= 0.3 is 0 Å². The lowest BCUT2D eigenvalue weighted by Gasteiger charge is -2.42. The van der Waals surface area contributed by atoms with Gasteiger partial charge in [0.25, 0.3) is 0 Å². The van der Waals surface area contributed by atoms with E-state index in [2.05, 4.69) is 55.3 Å². The molecule has 3 unspecified atom stereocenters. The third kappa shape index (κ3) is 4.90. The molecular formula is C22H30FN2+. The molecule has 1 fully saturated rings. The molecule has 0 bridgehead atoms. The number of likely N-dealkylation sites (N-methyl/N-ethyl adjacent to an activating group) is 1. The first kappa shape index (κ1) is 18.1. The minimum atomic E-state index is -0.298. The van der Waals surface area contributed by atoms with E-state index in [1.54, 1.807) is 0 Å².